The summed E-state index contributed by atoms with van der Waals surface area (Å²) in [5, 5.41) is 4.22. The number of likely N-dealkylation sites (N-methyl/N-ethyl adjacent to an activating group) is 1. The van der Waals surface area contributed by atoms with Crippen LogP contribution in [0.15, 0.2) is 18.2 Å². The highest BCUT2D eigenvalue weighted by molar-refractivity contribution is 8.00. The van der Waals surface area contributed by atoms with Crippen molar-refractivity contribution < 1.29 is 9.13 Å². The number of hydrogen-bond donors (Lipinski definition) is 1. The SMILES string of the molecule is CCNC(Cc1ccc(OC)c(F)c1)C1CCCCS1. The molecule has 1 aromatic carbocycles. The smallest absolute Gasteiger partial charge is 0.165 e. The molecular weight excluding hydrogens is 273 g/mol. The molecule has 0 spiro atoms. The summed E-state index contributed by atoms with van der Waals surface area (Å²) in [7, 11) is 1.50. The lowest BCUT2D eigenvalue weighted by Crippen LogP contribution is -2.41. The van der Waals surface area contributed by atoms with E-state index in [1.807, 2.05) is 6.07 Å². The van der Waals surface area contributed by atoms with Gasteiger partial charge in [-0.3, -0.25) is 0 Å². The van der Waals surface area contributed by atoms with Crippen molar-refractivity contribution in [3.8, 4) is 5.75 Å². The van der Waals surface area contributed by atoms with Crippen LogP contribution in [0.4, 0.5) is 4.39 Å². The van der Waals surface area contributed by atoms with E-state index in [-0.39, 0.29) is 5.82 Å². The van der Waals surface area contributed by atoms with Gasteiger partial charge in [-0.05, 0) is 49.3 Å². The Morgan fingerprint density at radius 1 is 1.45 bits per heavy atom. The van der Waals surface area contributed by atoms with Crippen LogP contribution in [0.5, 0.6) is 5.75 Å². The molecule has 0 bridgehead atoms. The van der Waals surface area contributed by atoms with Crippen LogP contribution in [0.25, 0.3) is 0 Å². The fraction of sp³-hybridized carbons (Fsp3) is 0.625. The van der Waals surface area contributed by atoms with Crippen LogP contribution in [0.3, 0.4) is 0 Å². The van der Waals surface area contributed by atoms with Crippen LogP contribution in [0.1, 0.15) is 31.7 Å². The number of methoxy groups -OCH3 is 1. The molecule has 0 aliphatic carbocycles. The minimum atomic E-state index is -0.267. The molecule has 4 heteroatoms. The highest BCUT2D eigenvalue weighted by Crippen LogP contribution is 2.29. The molecule has 2 rings (SSSR count). The number of ether oxygens (including phenoxy) is 1. The Kier molecular flexibility index (Phi) is 6.17. The molecule has 2 unspecified atom stereocenters. The summed E-state index contributed by atoms with van der Waals surface area (Å²) >= 11 is 2.06. The van der Waals surface area contributed by atoms with Crippen LogP contribution in [-0.4, -0.2) is 30.7 Å². The Labute approximate surface area is 125 Å². The monoisotopic (exact) mass is 297 g/mol. The lowest BCUT2D eigenvalue weighted by atomic mass is 9.99. The molecule has 0 saturated carbocycles. The maximum Gasteiger partial charge on any atom is 0.165 e. The van der Waals surface area contributed by atoms with Crippen molar-refractivity contribution in [1.29, 1.82) is 0 Å². The van der Waals surface area contributed by atoms with Gasteiger partial charge in [-0.2, -0.15) is 11.8 Å². The zero-order valence-electron chi connectivity index (χ0n) is 12.3. The minimum Gasteiger partial charge on any atom is -0.494 e. The molecule has 1 heterocycles. The molecule has 0 radical (unpaired) electrons. The first-order valence-electron chi connectivity index (χ1n) is 7.42. The molecule has 2 nitrogen and oxygen atoms in total. The number of rotatable bonds is 6. The van der Waals surface area contributed by atoms with Crippen LogP contribution >= 0.6 is 11.8 Å². The van der Waals surface area contributed by atoms with Gasteiger partial charge in [0.15, 0.2) is 11.6 Å². The number of benzene rings is 1. The normalized spacial score (nSPS) is 20.6. The third-order valence-electron chi connectivity index (χ3n) is 3.80. The van der Waals surface area contributed by atoms with E-state index in [2.05, 4.69) is 24.0 Å². The molecule has 112 valence electrons. The first-order valence-corrected chi connectivity index (χ1v) is 8.47. The zero-order valence-corrected chi connectivity index (χ0v) is 13.1. The van der Waals surface area contributed by atoms with Crippen molar-refractivity contribution in [3.05, 3.63) is 29.6 Å². The predicted octanol–water partition coefficient (Wildman–Crippen LogP) is 3.64. The summed E-state index contributed by atoms with van der Waals surface area (Å²) in [5.41, 5.74) is 1.04. The molecule has 1 aromatic rings. The summed E-state index contributed by atoms with van der Waals surface area (Å²) in [6.07, 6.45) is 4.79. The van der Waals surface area contributed by atoms with Gasteiger partial charge in [0.25, 0.3) is 0 Å². The van der Waals surface area contributed by atoms with Crippen molar-refractivity contribution in [1.82, 2.24) is 5.32 Å². The molecule has 1 aliphatic heterocycles. The standard InChI is InChI=1S/C16H24FNOS/c1-3-18-14(16-6-4-5-9-20-16)11-12-7-8-15(19-2)13(17)10-12/h7-8,10,14,16,18H,3-6,9,11H2,1-2H3. The van der Waals surface area contributed by atoms with Gasteiger partial charge in [0.05, 0.1) is 7.11 Å². The molecule has 1 N–H and O–H groups in total. The van der Waals surface area contributed by atoms with E-state index in [0.717, 1.165) is 18.5 Å². The third-order valence-corrected chi connectivity index (χ3v) is 5.32. The Morgan fingerprint density at radius 2 is 2.30 bits per heavy atom. The van der Waals surface area contributed by atoms with Gasteiger partial charge in [0.1, 0.15) is 0 Å². The minimum absolute atomic E-state index is 0.267. The second-order valence-corrected chi connectivity index (χ2v) is 6.59. The van der Waals surface area contributed by atoms with Gasteiger partial charge in [-0.25, -0.2) is 4.39 Å². The van der Waals surface area contributed by atoms with Crippen molar-refractivity contribution in [2.75, 3.05) is 19.4 Å². The van der Waals surface area contributed by atoms with E-state index in [9.17, 15) is 4.39 Å². The highest BCUT2D eigenvalue weighted by Gasteiger charge is 2.24. The number of nitrogens with one attached hydrogen (secondary N) is 1. The predicted molar refractivity (Wildman–Crippen MR) is 84.2 cm³/mol. The molecule has 0 amide bonds. The van der Waals surface area contributed by atoms with E-state index in [1.54, 1.807) is 12.1 Å². The van der Waals surface area contributed by atoms with E-state index < -0.39 is 0 Å². The summed E-state index contributed by atoms with van der Waals surface area (Å²) < 4.78 is 18.8. The van der Waals surface area contributed by atoms with Crippen LogP contribution < -0.4 is 10.1 Å². The van der Waals surface area contributed by atoms with E-state index in [0.29, 0.717) is 17.0 Å². The summed E-state index contributed by atoms with van der Waals surface area (Å²) in [6, 6.07) is 5.73. The second kappa shape index (κ2) is 7.89. The number of halogens is 1. The van der Waals surface area contributed by atoms with Gasteiger partial charge in [0.2, 0.25) is 0 Å². The average molecular weight is 297 g/mol. The first kappa shape index (κ1) is 15.6. The topological polar surface area (TPSA) is 21.3 Å². The van der Waals surface area contributed by atoms with E-state index in [4.69, 9.17) is 4.74 Å². The van der Waals surface area contributed by atoms with Gasteiger partial charge >= 0.3 is 0 Å². The van der Waals surface area contributed by atoms with Gasteiger partial charge in [-0.1, -0.05) is 19.4 Å². The van der Waals surface area contributed by atoms with Crippen molar-refractivity contribution in [2.45, 2.75) is 43.9 Å². The molecular formula is C16H24FNOS. The van der Waals surface area contributed by atoms with Crippen molar-refractivity contribution in [2.24, 2.45) is 0 Å². The Morgan fingerprint density at radius 3 is 2.90 bits per heavy atom. The molecule has 1 aliphatic rings. The maximum atomic E-state index is 13.8. The van der Waals surface area contributed by atoms with Gasteiger partial charge in [-0.15, -0.1) is 0 Å². The number of thioether (sulfide) groups is 1. The summed E-state index contributed by atoms with van der Waals surface area (Å²) in [5.74, 6) is 1.31. The third kappa shape index (κ3) is 4.13. The molecule has 0 aromatic heterocycles. The highest BCUT2D eigenvalue weighted by atomic mass is 32.2. The van der Waals surface area contributed by atoms with Crippen LogP contribution in [0, 0.1) is 5.82 Å². The Hall–Kier alpha value is -0.740. The molecule has 20 heavy (non-hydrogen) atoms. The first-order chi connectivity index (χ1) is 9.74. The van der Waals surface area contributed by atoms with Crippen LogP contribution in [0.2, 0.25) is 0 Å². The lowest BCUT2D eigenvalue weighted by Gasteiger charge is -2.30. The van der Waals surface area contributed by atoms with Gasteiger partial charge in [0, 0.05) is 11.3 Å². The fourth-order valence-corrected chi connectivity index (χ4v) is 4.20. The number of hydrogen-bond acceptors (Lipinski definition) is 3. The fourth-order valence-electron chi connectivity index (χ4n) is 2.77. The summed E-state index contributed by atoms with van der Waals surface area (Å²) in [4.78, 5) is 0. The van der Waals surface area contributed by atoms with E-state index in [1.165, 1.54) is 32.1 Å². The largest absolute Gasteiger partial charge is 0.494 e. The van der Waals surface area contributed by atoms with Crippen molar-refractivity contribution in [3.63, 3.8) is 0 Å². The Balaban J connectivity index is 2.04. The van der Waals surface area contributed by atoms with Crippen molar-refractivity contribution >= 4 is 11.8 Å². The zero-order chi connectivity index (χ0) is 14.4. The second-order valence-electron chi connectivity index (χ2n) is 5.24. The Bertz CT molecular complexity index is 421. The van der Waals surface area contributed by atoms with Gasteiger partial charge < -0.3 is 10.1 Å². The average Bonchev–Trinajstić information content (AvgIpc) is 2.48. The molecule has 2 atom stereocenters. The maximum absolute atomic E-state index is 13.8. The van der Waals surface area contributed by atoms with Crippen LogP contribution in [-0.2, 0) is 6.42 Å². The molecule has 1 fully saturated rings. The lowest BCUT2D eigenvalue weighted by molar-refractivity contribution is 0.385. The quantitative estimate of drug-likeness (QED) is 0.866. The van der Waals surface area contributed by atoms with E-state index >= 15 is 0 Å². The summed E-state index contributed by atoms with van der Waals surface area (Å²) in [6.45, 7) is 3.09. The molecule has 1 saturated heterocycles.